The molecule has 1 aromatic heterocycles. The summed E-state index contributed by atoms with van der Waals surface area (Å²) < 4.78 is 21.3. The smallest absolute Gasteiger partial charge is 0.344 e. The van der Waals surface area contributed by atoms with Gasteiger partial charge in [0.15, 0.2) is 0 Å². The summed E-state index contributed by atoms with van der Waals surface area (Å²) in [5.74, 6) is -4.02. The zero-order valence-electron chi connectivity index (χ0n) is 22.3. The first kappa shape index (κ1) is 31.1. The fourth-order valence-electron chi connectivity index (χ4n) is 3.57. The van der Waals surface area contributed by atoms with E-state index in [1.165, 1.54) is 17.0 Å². The first-order valence-corrected chi connectivity index (χ1v) is 13.3. The number of carbonyl (C=O) groups excluding carboxylic acids is 5. The van der Waals surface area contributed by atoms with Crippen LogP contribution in [-0.4, -0.2) is 62.7 Å². The van der Waals surface area contributed by atoms with Crippen molar-refractivity contribution < 1.29 is 42.9 Å². The molecule has 12 heteroatoms. The van der Waals surface area contributed by atoms with Crippen LogP contribution >= 0.6 is 27.7 Å². The number of carbonyl (C=O) groups is 5. The van der Waals surface area contributed by atoms with Crippen molar-refractivity contribution in [2.45, 2.75) is 0 Å². The highest BCUT2D eigenvalue weighted by atomic mass is 79.9. The molecule has 0 saturated carbocycles. The number of benzene rings is 2. The Kier molecular flexibility index (Phi) is 10.8. The molecule has 0 spiro atoms. The van der Waals surface area contributed by atoms with Gasteiger partial charge in [0.2, 0.25) is 5.78 Å². The van der Waals surface area contributed by atoms with Gasteiger partial charge in [-0.05, 0) is 29.8 Å². The predicted molar refractivity (Wildman–Crippen MR) is 155 cm³/mol. The van der Waals surface area contributed by atoms with Gasteiger partial charge < -0.3 is 23.5 Å². The van der Waals surface area contributed by atoms with E-state index in [0.717, 1.165) is 50.7 Å². The lowest BCUT2D eigenvalue weighted by atomic mass is 10.0. The molecule has 1 heterocycles. The van der Waals surface area contributed by atoms with Gasteiger partial charge in [-0.15, -0.1) is 0 Å². The Morgan fingerprint density at radius 1 is 0.780 bits per heavy atom. The Labute approximate surface area is 248 Å². The molecular formula is C29H24BrNO9S. The van der Waals surface area contributed by atoms with Gasteiger partial charge in [0.1, 0.15) is 16.2 Å². The third-order valence-corrected chi connectivity index (χ3v) is 7.11. The van der Waals surface area contributed by atoms with Crippen LogP contribution in [0.3, 0.4) is 0 Å². The van der Waals surface area contributed by atoms with Crippen molar-refractivity contribution in [1.82, 2.24) is 4.57 Å². The van der Waals surface area contributed by atoms with E-state index < -0.39 is 29.7 Å². The van der Waals surface area contributed by atoms with Crippen LogP contribution in [0.4, 0.5) is 0 Å². The predicted octanol–water partition coefficient (Wildman–Crippen LogP) is 4.97. The number of halogens is 1. The minimum Gasteiger partial charge on any atom is -0.466 e. The summed E-state index contributed by atoms with van der Waals surface area (Å²) in [6.07, 6.45) is 3.67. The van der Waals surface area contributed by atoms with E-state index in [0.29, 0.717) is 10.5 Å². The molecule has 10 nitrogen and oxygen atoms in total. The quantitative estimate of drug-likeness (QED) is 0.129. The van der Waals surface area contributed by atoms with E-state index in [-0.39, 0.29) is 27.3 Å². The number of methoxy groups -OCH3 is 4. The van der Waals surface area contributed by atoms with Crippen LogP contribution in [0.5, 0.6) is 0 Å². The van der Waals surface area contributed by atoms with Gasteiger partial charge in [0.25, 0.3) is 0 Å². The summed E-state index contributed by atoms with van der Waals surface area (Å²) in [5, 5.41) is 0. The van der Waals surface area contributed by atoms with Crippen LogP contribution in [0, 0.1) is 0 Å². The number of nitrogens with zero attached hydrogens (tertiary/aromatic N) is 1. The van der Waals surface area contributed by atoms with E-state index in [4.69, 9.17) is 14.2 Å². The molecule has 212 valence electrons. The number of rotatable bonds is 10. The Bertz CT molecular complexity index is 1540. The number of esters is 4. The fourth-order valence-corrected chi connectivity index (χ4v) is 4.82. The molecule has 0 N–H and O–H groups in total. The van der Waals surface area contributed by atoms with Gasteiger partial charge in [0.05, 0.1) is 34.0 Å². The van der Waals surface area contributed by atoms with Gasteiger partial charge in [0, 0.05) is 33.4 Å². The average molecular weight is 642 g/mol. The summed E-state index contributed by atoms with van der Waals surface area (Å²) in [4.78, 5) is 64.3. The second-order valence-corrected chi connectivity index (χ2v) is 9.98. The van der Waals surface area contributed by atoms with E-state index in [9.17, 15) is 24.0 Å². The SMILES string of the molecule is COC(=O)/C=C(/S/C(=C\n1cc(C(=O)OC)c(C(=O)OC)c1C(=O)c1ccc(Br)cc1)c1ccccc1)C(=O)OC. The van der Waals surface area contributed by atoms with Crippen molar-refractivity contribution in [3.63, 3.8) is 0 Å². The zero-order chi connectivity index (χ0) is 30.1. The number of hydrogen-bond acceptors (Lipinski definition) is 10. The molecule has 0 aliphatic rings. The monoisotopic (exact) mass is 641 g/mol. The summed E-state index contributed by atoms with van der Waals surface area (Å²) in [5.41, 5.74) is 0.0839. The molecule has 0 radical (unpaired) electrons. The number of ether oxygens (including phenoxy) is 4. The van der Waals surface area contributed by atoms with Crippen molar-refractivity contribution in [3.8, 4) is 0 Å². The molecule has 0 unspecified atom stereocenters. The highest BCUT2D eigenvalue weighted by Gasteiger charge is 2.31. The number of thioether (sulfide) groups is 1. The number of ketones is 1. The topological polar surface area (TPSA) is 127 Å². The van der Waals surface area contributed by atoms with Crippen molar-refractivity contribution in [2.75, 3.05) is 28.4 Å². The molecule has 3 rings (SSSR count). The zero-order valence-corrected chi connectivity index (χ0v) is 24.7. The first-order chi connectivity index (χ1) is 19.6. The molecule has 2 aromatic carbocycles. The minimum atomic E-state index is -0.937. The van der Waals surface area contributed by atoms with Crippen molar-refractivity contribution in [2.24, 2.45) is 0 Å². The van der Waals surface area contributed by atoms with E-state index in [1.807, 2.05) is 0 Å². The summed E-state index contributed by atoms with van der Waals surface area (Å²) in [7, 11) is 4.58. The minimum absolute atomic E-state index is 0.122. The first-order valence-electron chi connectivity index (χ1n) is 11.7. The van der Waals surface area contributed by atoms with Crippen molar-refractivity contribution in [3.05, 3.63) is 104 Å². The van der Waals surface area contributed by atoms with Crippen LogP contribution in [0.1, 0.15) is 42.3 Å². The van der Waals surface area contributed by atoms with Gasteiger partial charge in [-0.1, -0.05) is 58.0 Å². The Morgan fingerprint density at radius 3 is 1.98 bits per heavy atom. The average Bonchev–Trinajstić information content (AvgIpc) is 3.38. The molecule has 0 aliphatic heterocycles. The Morgan fingerprint density at radius 2 is 1.41 bits per heavy atom. The largest absolute Gasteiger partial charge is 0.466 e. The van der Waals surface area contributed by atoms with Crippen molar-refractivity contribution >= 4 is 68.5 Å². The summed E-state index contributed by atoms with van der Waals surface area (Å²) in [6, 6.07) is 15.1. The lowest BCUT2D eigenvalue weighted by Crippen LogP contribution is -2.16. The maximum Gasteiger partial charge on any atom is 0.344 e. The molecule has 0 amide bonds. The normalized spacial score (nSPS) is 11.4. The molecule has 0 aliphatic carbocycles. The highest BCUT2D eigenvalue weighted by molar-refractivity contribution is 9.10. The lowest BCUT2D eigenvalue weighted by Gasteiger charge is -2.12. The Hall–Kier alpha value is -4.42. The number of aromatic nitrogens is 1. The molecular weight excluding hydrogens is 618 g/mol. The van der Waals surface area contributed by atoms with Crippen LogP contribution in [0.25, 0.3) is 11.1 Å². The third kappa shape index (κ3) is 7.41. The van der Waals surface area contributed by atoms with Crippen molar-refractivity contribution in [1.29, 1.82) is 0 Å². The lowest BCUT2D eigenvalue weighted by molar-refractivity contribution is -0.137. The maximum atomic E-state index is 13.8. The summed E-state index contributed by atoms with van der Waals surface area (Å²) >= 11 is 4.18. The van der Waals surface area contributed by atoms with E-state index in [1.54, 1.807) is 54.6 Å². The molecule has 0 saturated heterocycles. The van der Waals surface area contributed by atoms with Gasteiger partial charge >= 0.3 is 23.9 Å². The summed E-state index contributed by atoms with van der Waals surface area (Å²) in [6.45, 7) is 0. The molecule has 0 bridgehead atoms. The van der Waals surface area contributed by atoms with Gasteiger partial charge in [-0.2, -0.15) is 0 Å². The van der Waals surface area contributed by atoms with Gasteiger partial charge in [-0.3, -0.25) is 4.79 Å². The molecule has 3 aromatic rings. The second kappa shape index (κ2) is 14.3. The van der Waals surface area contributed by atoms with E-state index >= 15 is 0 Å². The standard InChI is InChI=1S/C29H24BrNO9S/c1-37-23(32)14-21(28(35)39-3)41-22(17-8-6-5-7-9-17)16-31-15-20(27(34)38-2)24(29(36)40-4)25(31)26(33)18-10-12-19(30)13-11-18/h5-16H,1-4H3/b21-14+,22-16-. The maximum absolute atomic E-state index is 13.8. The second-order valence-electron chi connectivity index (χ2n) is 7.98. The third-order valence-electron chi connectivity index (χ3n) is 5.52. The van der Waals surface area contributed by atoms with Crippen LogP contribution in [0.2, 0.25) is 0 Å². The fraction of sp³-hybridized carbons (Fsp3) is 0.138. The highest BCUT2D eigenvalue weighted by Crippen LogP contribution is 2.36. The Balaban J connectivity index is 2.36. The van der Waals surface area contributed by atoms with E-state index in [2.05, 4.69) is 20.7 Å². The molecule has 41 heavy (non-hydrogen) atoms. The van der Waals surface area contributed by atoms with Gasteiger partial charge in [-0.25, -0.2) is 19.2 Å². The van der Waals surface area contributed by atoms with Crippen LogP contribution < -0.4 is 0 Å². The van der Waals surface area contributed by atoms with Crippen LogP contribution in [-0.2, 0) is 28.5 Å². The van der Waals surface area contributed by atoms with Crippen LogP contribution in [0.15, 0.2) is 76.2 Å². The molecule has 0 fully saturated rings. The molecule has 0 atom stereocenters. The number of hydrogen-bond donors (Lipinski definition) is 0.